The van der Waals surface area contributed by atoms with E-state index >= 15 is 0 Å². The number of carbonyl (C=O) groups is 2. The van der Waals surface area contributed by atoms with Gasteiger partial charge in [-0.2, -0.15) is 0 Å². The minimum absolute atomic E-state index is 0.121. The Morgan fingerprint density at radius 1 is 1.36 bits per heavy atom. The molecule has 0 unspecified atom stereocenters. The predicted molar refractivity (Wildman–Crippen MR) is 50.3 cm³/mol. The Balaban J connectivity index is 3.14. The van der Waals surface area contributed by atoms with Crippen LogP contribution in [-0.2, 0) is 4.74 Å². The summed E-state index contributed by atoms with van der Waals surface area (Å²) in [6.45, 7) is 3.10. The van der Waals surface area contributed by atoms with Crippen LogP contribution in [0.25, 0.3) is 0 Å². The van der Waals surface area contributed by atoms with Crippen molar-refractivity contribution in [1.29, 1.82) is 0 Å². The van der Waals surface area contributed by atoms with Crippen molar-refractivity contribution in [2.45, 2.75) is 13.8 Å². The van der Waals surface area contributed by atoms with Crippen molar-refractivity contribution in [2.24, 2.45) is 0 Å². The minimum atomic E-state index is -0.440. The van der Waals surface area contributed by atoms with Crippen molar-refractivity contribution >= 4 is 11.8 Å². The van der Waals surface area contributed by atoms with Crippen LogP contribution in [0.4, 0.5) is 0 Å². The van der Waals surface area contributed by atoms with Gasteiger partial charge >= 0.3 is 5.97 Å². The topological polar surface area (TPSA) is 56.3 Å². The van der Waals surface area contributed by atoms with Crippen molar-refractivity contribution in [3.8, 4) is 0 Å². The number of esters is 1. The molecule has 0 amide bonds. The van der Waals surface area contributed by atoms with E-state index in [-0.39, 0.29) is 5.78 Å². The quantitative estimate of drug-likeness (QED) is 0.526. The average molecular weight is 193 g/mol. The number of pyridine rings is 1. The van der Waals surface area contributed by atoms with Gasteiger partial charge in [-0.3, -0.25) is 4.79 Å². The summed E-state index contributed by atoms with van der Waals surface area (Å²) in [5, 5.41) is 0. The SMILES string of the molecule is COC(=O)c1ccc(C(C)=O)nc1C. The lowest BCUT2D eigenvalue weighted by Gasteiger charge is -2.03. The molecule has 1 aromatic rings. The first-order chi connectivity index (χ1) is 6.56. The number of ether oxygens (including phenoxy) is 1. The van der Waals surface area contributed by atoms with E-state index in [4.69, 9.17) is 0 Å². The van der Waals surface area contributed by atoms with Gasteiger partial charge in [0.1, 0.15) is 5.69 Å². The van der Waals surface area contributed by atoms with Crippen molar-refractivity contribution in [3.05, 3.63) is 29.1 Å². The van der Waals surface area contributed by atoms with Gasteiger partial charge in [0.2, 0.25) is 0 Å². The Kier molecular flexibility index (Phi) is 2.96. The van der Waals surface area contributed by atoms with Crippen LogP contribution in [0.2, 0.25) is 0 Å². The molecule has 0 atom stereocenters. The summed E-state index contributed by atoms with van der Waals surface area (Å²) >= 11 is 0. The standard InChI is InChI=1S/C10H11NO3/c1-6-8(10(13)14-3)4-5-9(11-6)7(2)12/h4-5H,1-3H3. The zero-order chi connectivity index (χ0) is 10.7. The summed E-state index contributed by atoms with van der Waals surface area (Å²) in [5.41, 5.74) is 1.25. The smallest absolute Gasteiger partial charge is 0.339 e. The van der Waals surface area contributed by atoms with Gasteiger partial charge in [-0.1, -0.05) is 0 Å². The molecule has 4 heteroatoms. The number of nitrogens with zero attached hydrogens (tertiary/aromatic N) is 1. The van der Waals surface area contributed by atoms with Gasteiger partial charge in [0, 0.05) is 6.92 Å². The van der Waals surface area contributed by atoms with Crippen molar-refractivity contribution < 1.29 is 14.3 Å². The Labute approximate surface area is 81.9 Å². The van der Waals surface area contributed by atoms with Gasteiger partial charge in [0.25, 0.3) is 0 Å². The van der Waals surface area contributed by atoms with E-state index in [2.05, 4.69) is 9.72 Å². The number of aryl methyl sites for hydroxylation is 1. The van der Waals surface area contributed by atoms with Crippen molar-refractivity contribution in [2.75, 3.05) is 7.11 Å². The van der Waals surface area contributed by atoms with Gasteiger partial charge in [-0.15, -0.1) is 0 Å². The fourth-order valence-electron chi connectivity index (χ4n) is 1.08. The molecule has 0 aliphatic carbocycles. The van der Waals surface area contributed by atoms with Crippen LogP contribution in [0.5, 0.6) is 0 Å². The molecule has 0 bridgehead atoms. The van der Waals surface area contributed by atoms with Gasteiger partial charge in [0.05, 0.1) is 18.4 Å². The summed E-state index contributed by atoms with van der Waals surface area (Å²) in [5.74, 6) is -0.561. The Bertz CT molecular complexity index is 385. The van der Waals surface area contributed by atoms with Crippen LogP contribution in [-0.4, -0.2) is 23.8 Å². The van der Waals surface area contributed by atoms with Gasteiger partial charge in [-0.05, 0) is 19.1 Å². The molecule has 0 saturated heterocycles. The summed E-state index contributed by atoms with van der Waals surface area (Å²) in [6, 6.07) is 3.06. The first-order valence-electron chi connectivity index (χ1n) is 4.13. The third-order valence-corrected chi connectivity index (χ3v) is 1.85. The molecular weight excluding hydrogens is 182 g/mol. The number of carbonyl (C=O) groups excluding carboxylic acids is 2. The predicted octanol–water partition coefficient (Wildman–Crippen LogP) is 1.38. The molecule has 0 radical (unpaired) electrons. The lowest BCUT2D eigenvalue weighted by atomic mass is 10.1. The van der Waals surface area contributed by atoms with E-state index in [0.717, 1.165) is 0 Å². The number of methoxy groups -OCH3 is 1. The van der Waals surface area contributed by atoms with E-state index in [1.807, 2.05) is 0 Å². The molecule has 0 aliphatic heterocycles. The van der Waals surface area contributed by atoms with E-state index in [1.165, 1.54) is 20.1 Å². The normalized spacial score (nSPS) is 9.64. The van der Waals surface area contributed by atoms with Gasteiger partial charge in [-0.25, -0.2) is 9.78 Å². The first-order valence-corrected chi connectivity index (χ1v) is 4.13. The molecule has 0 aromatic carbocycles. The van der Waals surface area contributed by atoms with Crippen LogP contribution < -0.4 is 0 Å². The maximum atomic E-state index is 11.2. The van der Waals surface area contributed by atoms with Gasteiger partial charge < -0.3 is 4.74 Å². The molecule has 1 aromatic heterocycles. The molecule has 0 saturated carbocycles. The van der Waals surface area contributed by atoms with E-state index in [1.54, 1.807) is 13.0 Å². The molecule has 0 aliphatic rings. The molecule has 1 heterocycles. The Morgan fingerprint density at radius 3 is 2.43 bits per heavy atom. The van der Waals surface area contributed by atoms with Crippen LogP contribution in [0.3, 0.4) is 0 Å². The molecule has 14 heavy (non-hydrogen) atoms. The fraction of sp³-hybridized carbons (Fsp3) is 0.300. The van der Waals surface area contributed by atoms with Crippen molar-refractivity contribution in [1.82, 2.24) is 4.98 Å². The summed E-state index contributed by atoms with van der Waals surface area (Å²) in [4.78, 5) is 26.1. The zero-order valence-corrected chi connectivity index (χ0v) is 8.33. The maximum absolute atomic E-state index is 11.2. The second-order valence-electron chi connectivity index (χ2n) is 2.88. The van der Waals surface area contributed by atoms with Crippen LogP contribution >= 0.6 is 0 Å². The third kappa shape index (κ3) is 1.96. The fourth-order valence-corrected chi connectivity index (χ4v) is 1.08. The Hall–Kier alpha value is -1.71. The van der Waals surface area contributed by atoms with E-state index in [0.29, 0.717) is 17.0 Å². The molecule has 0 fully saturated rings. The summed E-state index contributed by atoms with van der Waals surface area (Å²) in [7, 11) is 1.31. The molecule has 0 N–H and O–H groups in total. The second kappa shape index (κ2) is 4.00. The second-order valence-corrected chi connectivity index (χ2v) is 2.88. The number of hydrogen-bond donors (Lipinski definition) is 0. The monoisotopic (exact) mass is 193 g/mol. The highest BCUT2D eigenvalue weighted by Crippen LogP contribution is 2.08. The molecule has 0 spiro atoms. The summed E-state index contributed by atoms with van der Waals surface area (Å²) < 4.78 is 4.55. The van der Waals surface area contributed by atoms with Crippen molar-refractivity contribution in [3.63, 3.8) is 0 Å². The Morgan fingerprint density at radius 2 is 2.00 bits per heavy atom. The maximum Gasteiger partial charge on any atom is 0.339 e. The lowest BCUT2D eigenvalue weighted by Crippen LogP contribution is -2.07. The average Bonchev–Trinajstić information content (AvgIpc) is 2.16. The lowest BCUT2D eigenvalue weighted by molar-refractivity contribution is 0.0599. The number of hydrogen-bond acceptors (Lipinski definition) is 4. The van der Waals surface area contributed by atoms with Crippen LogP contribution in [0.1, 0.15) is 33.5 Å². The highest BCUT2D eigenvalue weighted by atomic mass is 16.5. The first kappa shape index (κ1) is 10.4. The zero-order valence-electron chi connectivity index (χ0n) is 8.33. The number of ketones is 1. The third-order valence-electron chi connectivity index (χ3n) is 1.85. The molecular formula is C10H11NO3. The number of Topliss-reactive ketones (excluding diaryl/α,β-unsaturated/α-hetero) is 1. The minimum Gasteiger partial charge on any atom is -0.465 e. The van der Waals surface area contributed by atoms with E-state index in [9.17, 15) is 9.59 Å². The number of rotatable bonds is 2. The number of aromatic nitrogens is 1. The summed E-state index contributed by atoms with van der Waals surface area (Å²) in [6.07, 6.45) is 0. The molecule has 4 nitrogen and oxygen atoms in total. The van der Waals surface area contributed by atoms with Crippen LogP contribution in [0.15, 0.2) is 12.1 Å². The van der Waals surface area contributed by atoms with Gasteiger partial charge in [0.15, 0.2) is 5.78 Å². The highest BCUT2D eigenvalue weighted by molar-refractivity contribution is 5.94. The van der Waals surface area contributed by atoms with E-state index < -0.39 is 5.97 Å². The molecule has 1 rings (SSSR count). The van der Waals surface area contributed by atoms with Crippen LogP contribution in [0, 0.1) is 6.92 Å². The largest absolute Gasteiger partial charge is 0.465 e. The highest BCUT2D eigenvalue weighted by Gasteiger charge is 2.11. The molecule has 74 valence electrons.